The predicted octanol–water partition coefficient (Wildman–Crippen LogP) is 1.94. The second-order valence-electron chi connectivity index (χ2n) is 4.14. The SMILES string of the molecule is Cc1cnccc1C(=O)CCc1cnn(C)c1. The minimum absolute atomic E-state index is 0.161. The minimum atomic E-state index is 0.161. The molecule has 4 heteroatoms. The van der Waals surface area contributed by atoms with Crippen molar-refractivity contribution in [3.63, 3.8) is 0 Å². The average Bonchev–Trinajstić information content (AvgIpc) is 2.73. The summed E-state index contributed by atoms with van der Waals surface area (Å²) in [6.07, 6.45) is 8.35. The van der Waals surface area contributed by atoms with Crippen LogP contribution < -0.4 is 0 Å². The van der Waals surface area contributed by atoms with Crippen LogP contribution in [0.15, 0.2) is 30.9 Å². The number of ketones is 1. The van der Waals surface area contributed by atoms with Gasteiger partial charge in [-0.05, 0) is 30.5 Å². The maximum Gasteiger partial charge on any atom is 0.163 e. The molecule has 0 aliphatic rings. The predicted molar refractivity (Wildman–Crippen MR) is 64.8 cm³/mol. The third-order valence-corrected chi connectivity index (χ3v) is 2.72. The molecule has 0 unspecified atom stereocenters. The van der Waals surface area contributed by atoms with Gasteiger partial charge >= 0.3 is 0 Å². The van der Waals surface area contributed by atoms with Crippen molar-refractivity contribution >= 4 is 5.78 Å². The van der Waals surface area contributed by atoms with Crippen molar-refractivity contribution in [2.75, 3.05) is 0 Å². The Morgan fingerprint density at radius 3 is 2.88 bits per heavy atom. The molecule has 0 aliphatic heterocycles. The number of rotatable bonds is 4. The van der Waals surface area contributed by atoms with E-state index in [1.54, 1.807) is 29.3 Å². The first-order valence-electron chi connectivity index (χ1n) is 5.58. The Kier molecular flexibility index (Phi) is 3.32. The number of hydrogen-bond acceptors (Lipinski definition) is 3. The first-order chi connectivity index (χ1) is 8.16. The fourth-order valence-corrected chi connectivity index (χ4v) is 1.78. The highest BCUT2D eigenvalue weighted by molar-refractivity contribution is 5.97. The van der Waals surface area contributed by atoms with Crippen LogP contribution in [-0.2, 0) is 13.5 Å². The third-order valence-electron chi connectivity index (χ3n) is 2.72. The normalized spacial score (nSPS) is 10.5. The maximum atomic E-state index is 12.0. The Hall–Kier alpha value is -1.97. The first kappa shape index (κ1) is 11.5. The van der Waals surface area contributed by atoms with Gasteiger partial charge < -0.3 is 0 Å². The van der Waals surface area contributed by atoms with Gasteiger partial charge in [0.05, 0.1) is 6.20 Å². The van der Waals surface area contributed by atoms with Crippen LogP contribution >= 0.6 is 0 Å². The number of hydrogen-bond donors (Lipinski definition) is 0. The summed E-state index contributed by atoms with van der Waals surface area (Å²) in [6, 6.07) is 1.78. The average molecular weight is 229 g/mol. The molecule has 0 saturated carbocycles. The number of carbonyl (C=O) groups is 1. The van der Waals surface area contributed by atoms with E-state index in [0.29, 0.717) is 6.42 Å². The summed E-state index contributed by atoms with van der Waals surface area (Å²) in [7, 11) is 1.87. The summed E-state index contributed by atoms with van der Waals surface area (Å²) < 4.78 is 1.75. The molecule has 0 radical (unpaired) electrons. The van der Waals surface area contributed by atoms with Crippen LogP contribution in [0.25, 0.3) is 0 Å². The van der Waals surface area contributed by atoms with Crippen molar-refractivity contribution in [3.8, 4) is 0 Å². The Bertz CT molecular complexity index is 531. The lowest BCUT2D eigenvalue weighted by Crippen LogP contribution is -2.03. The van der Waals surface area contributed by atoms with Crippen molar-refractivity contribution < 1.29 is 4.79 Å². The number of carbonyl (C=O) groups excluding carboxylic acids is 1. The standard InChI is InChI=1S/C13H15N3O/c1-10-7-14-6-5-12(10)13(17)4-3-11-8-15-16(2)9-11/h5-9H,3-4H2,1-2H3. The number of aromatic nitrogens is 3. The fourth-order valence-electron chi connectivity index (χ4n) is 1.78. The van der Waals surface area contributed by atoms with Crippen LogP contribution in [0.5, 0.6) is 0 Å². The van der Waals surface area contributed by atoms with Gasteiger partial charge in [0.25, 0.3) is 0 Å². The molecule has 0 aromatic carbocycles. The Labute approximate surface area is 100 Å². The van der Waals surface area contributed by atoms with E-state index >= 15 is 0 Å². The molecule has 2 aromatic rings. The largest absolute Gasteiger partial charge is 0.294 e. The van der Waals surface area contributed by atoms with Gasteiger partial charge in [-0.25, -0.2) is 0 Å². The molecule has 4 nitrogen and oxygen atoms in total. The van der Waals surface area contributed by atoms with Crippen LogP contribution in [0.2, 0.25) is 0 Å². The van der Waals surface area contributed by atoms with E-state index in [9.17, 15) is 4.79 Å². The molecular formula is C13H15N3O. The fraction of sp³-hybridized carbons (Fsp3) is 0.308. The smallest absolute Gasteiger partial charge is 0.163 e. The van der Waals surface area contributed by atoms with E-state index in [2.05, 4.69) is 10.1 Å². The molecule has 0 spiro atoms. The molecule has 0 N–H and O–H groups in total. The topological polar surface area (TPSA) is 47.8 Å². The van der Waals surface area contributed by atoms with Crippen LogP contribution in [-0.4, -0.2) is 20.5 Å². The second-order valence-corrected chi connectivity index (χ2v) is 4.14. The number of nitrogens with zero attached hydrogens (tertiary/aromatic N) is 3. The minimum Gasteiger partial charge on any atom is -0.294 e. The summed E-state index contributed by atoms with van der Waals surface area (Å²) >= 11 is 0. The zero-order valence-corrected chi connectivity index (χ0v) is 10.1. The monoisotopic (exact) mass is 229 g/mol. The molecule has 2 aromatic heterocycles. The summed E-state index contributed by atoms with van der Waals surface area (Å²) in [6.45, 7) is 1.91. The van der Waals surface area contributed by atoms with Crippen molar-refractivity contribution in [2.45, 2.75) is 19.8 Å². The lowest BCUT2D eigenvalue weighted by molar-refractivity contribution is 0.0982. The number of aryl methyl sites for hydroxylation is 3. The molecule has 0 fully saturated rings. The van der Waals surface area contributed by atoms with E-state index in [4.69, 9.17) is 0 Å². The van der Waals surface area contributed by atoms with Gasteiger partial charge in [-0.2, -0.15) is 5.10 Å². The van der Waals surface area contributed by atoms with Crippen LogP contribution in [0.3, 0.4) is 0 Å². The molecule has 2 rings (SSSR count). The van der Waals surface area contributed by atoms with Crippen molar-refractivity contribution in [1.29, 1.82) is 0 Å². The highest BCUT2D eigenvalue weighted by Crippen LogP contribution is 2.10. The van der Waals surface area contributed by atoms with Gasteiger partial charge in [-0.1, -0.05) is 0 Å². The van der Waals surface area contributed by atoms with E-state index in [1.165, 1.54) is 0 Å². The van der Waals surface area contributed by atoms with Crippen LogP contribution in [0.1, 0.15) is 27.9 Å². The molecular weight excluding hydrogens is 214 g/mol. The van der Waals surface area contributed by atoms with E-state index in [0.717, 1.165) is 23.1 Å². The van der Waals surface area contributed by atoms with Crippen LogP contribution in [0, 0.1) is 6.92 Å². The summed E-state index contributed by atoms with van der Waals surface area (Å²) in [5.41, 5.74) is 2.79. The Balaban J connectivity index is 2.01. The molecule has 17 heavy (non-hydrogen) atoms. The van der Waals surface area contributed by atoms with Gasteiger partial charge in [0.15, 0.2) is 5.78 Å². The van der Waals surface area contributed by atoms with E-state index < -0.39 is 0 Å². The zero-order valence-electron chi connectivity index (χ0n) is 10.1. The number of Topliss-reactive ketones (excluding diaryl/α,β-unsaturated/α-hetero) is 1. The zero-order chi connectivity index (χ0) is 12.3. The van der Waals surface area contributed by atoms with Crippen LogP contribution in [0.4, 0.5) is 0 Å². The summed E-state index contributed by atoms with van der Waals surface area (Å²) in [4.78, 5) is 16.0. The van der Waals surface area contributed by atoms with Gasteiger partial charge in [-0.15, -0.1) is 0 Å². The van der Waals surface area contributed by atoms with Gasteiger partial charge in [0.2, 0.25) is 0 Å². The molecule has 0 bridgehead atoms. The molecule has 0 saturated heterocycles. The second kappa shape index (κ2) is 4.91. The third kappa shape index (κ3) is 2.78. The number of pyridine rings is 1. The van der Waals surface area contributed by atoms with E-state index in [1.807, 2.05) is 20.2 Å². The molecule has 88 valence electrons. The summed E-state index contributed by atoms with van der Waals surface area (Å²) in [5, 5.41) is 4.08. The van der Waals surface area contributed by atoms with Gasteiger partial charge in [0, 0.05) is 37.6 Å². The van der Waals surface area contributed by atoms with Gasteiger partial charge in [0.1, 0.15) is 0 Å². The highest BCUT2D eigenvalue weighted by atomic mass is 16.1. The Morgan fingerprint density at radius 2 is 2.24 bits per heavy atom. The van der Waals surface area contributed by atoms with Crippen molar-refractivity contribution in [1.82, 2.24) is 14.8 Å². The quantitative estimate of drug-likeness (QED) is 0.753. The van der Waals surface area contributed by atoms with Crippen molar-refractivity contribution in [2.24, 2.45) is 7.05 Å². The highest BCUT2D eigenvalue weighted by Gasteiger charge is 2.09. The molecule has 0 aliphatic carbocycles. The molecule has 0 amide bonds. The van der Waals surface area contributed by atoms with Gasteiger partial charge in [-0.3, -0.25) is 14.5 Å². The van der Waals surface area contributed by atoms with E-state index in [-0.39, 0.29) is 5.78 Å². The summed E-state index contributed by atoms with van der Waals surface area (Å²) in [5.74, 6) is 0.161. The molecule has 0 atom stereocenters. The van der Waals surface area contributed by atoms with Crippen molar-refractivity contribution in [3.05, 3.63) is 47.5 Å². The maximum absolute atomic E-state index is 12.0. The first-order valence-corrected chi connectivity index (χ1v) is 5.58. The Morgan fingerprint density at radius 1 is 1.41 bits per heavy atom. The lowest BCUT2D eigenvalue weighted by atomic mass is 10.0. The lowest BCUT2D eigenvalue weighted by Gasteiger charge is -2.02. The molecule has 2 heterocycles.